The molecule has 0 aliphatic rings. The maximum Gasteiger partial charge on any atom is 0.337 e. The van der Waals surface area contributed by atoms with Crippen LogP contribution < -0.4 is 5.32 Å². The molecule has 0 aliphatic carbocycles. The van der Waals surface area contributed by atoms with Crippen LogP contribution in [0, 0.1) is 5.82 Å². The lowest BCUT2D eigenvalue weighted by molar-refractivity contribution is -0.147. The van der Waals surface area contributed by atoms with Crippen molar-refractivity contribution < 1.29 is 37.8 Å². The van der Waals surface area contributed by atoms with Crippen LogP contribution in [0.15, 0.2) is 42.5 Å². The van der Waals surface area contributed by atoms with Crippen molar-refractivity contribution in [2.24, 2.45) is 0 Å². The minimum atomic E-state index is -0.705. The van der Waals surface area contributed by atoms with Crippen molar-refractivity contribution in [2.45, 2.75) is 12.8 Å². The van der Waals surface area contributed by atoms with Gasteiger partial charge in [-0.05, 0) is 42.3 Å². The molecule has 2 aromatic carbocycles. The average Bonchev–Trinajstić information content (AvgIpc) is 2.75. The fourth-order valence-corrected chi connectivity index (χ4v) is 2.48. The first kappa shape index (κ1) is 22.5. The number of amides is 1. The molecule has 0 atom stereocenters. The second-order valence-electron chi connectivity index (χ2n) is 6.12. The SMILES string of the molecule is COC(=O)c1cc(NC(=O)COC(=O)CCc2ccc(F)cc2)cc(C(=O)OC)c1. The van der Waals surface area contributed by atoms with Crippen LogP contribution in [0.4, 0.5) is 10.1 Å². The van der Waals surface area contributed by atoms with E-state index in [0.717, 1.165) is 5.56 Å². The first-order valence-corrected chi connectivity index (χ1v) is 8.84. The monoisotopic (exact) mass is 417 g/mol. The molecule has 9 heteroatoms. The van der Waals surface area contributed by atoms with Gasteiger partial charge in [0.2, 0.25) is 0 Å². The predicted octanol–water partition coefficient (Wildman–Crippen LogP) is 2.51. The number of carbonyl (C=O) groups is 4. The van der Waals surface area contributed by atoms with E-state index in [4.69, 9.17) is 4.74 Å². The van der Waals surface area contributed by atoms with Gasteiger partial charge in [0.1, 0.15) is 5.82 Å². The number of nitrogens with one attached hydrogen (secondary N) is 1. The third-order valence-corrected chi connectivity index (χ3v) is 3.95. The number of methoxy groups -OCH3 is 2. The molecule has 8 nitrogen and oxygen atoms in total. The summed E-state index contributed by atoms with van der Waals surface area (Å²) in [7, 11) is 2.35. The van der Waals surface area contributed by atoms with E-state index in [1.165, 1.54) is 44.6 Å². The maximum absolute atomic E-state index is 12.9. The van der Waals surface area contributed by atoms with Gasteiger partial charge in [0.05, 0.1) is 25.3 Å². The summed E-state index contributed by atoms with van der Waals surface area (Å²) in [6.45, 7) is -0.557. The minimum absolute atomic E-state index is 0.0171. The highest BCUT2D eigenvalue weighted by Crippen LogP contribution is 2.17. The van der Waals surface area contributed by atoms with Crippen molar-refractivity contribution >= 4 is 29.5 Å². The van der Waals surface area contributed by atoms with E-state index in [2.05, 4.69) is 14.8 Å². The molecule has 0 saturated carbocycles. The van der Waals surface area contributed by atoms with Crippen LogP contribution in [0.2, 0.25) is 0 Å². The molecule has 2 aromatic rings. The first-order valence-electron chi connectivity index (χ1n) is 8.84. The molecule has 1 N–H and O–H groups in total. The summed E-state index contributed by atoms with van der Waals surface area (Å²) in [4.78, 5) is 47.4. The number of anilines is 1. The van der Waals surface area contributed by atoms with Gasteiger partial charge in [-0.15, -0.1) is 0 Å². The minimum Gasteiger partial charge on any atom is -0.465 e. The molecular weight excluding hydrogens is 397 g/mol. The van der Waals surface area contributed by atoms with Crippen molar-refractivity contribution in [1.82, 2.24) is 0 Å². The Labute approximate surface area is 171 Å². The molecule has 1 amide bonds. The lowest BCUT2D eigenvalue weighted by Gasteiger charge is -2.10. The Morgan fingerprint density at radius 2 is 1.47 bits per heavy atom. The molecule has 0 heterocycles. The predicted molar refractivity (Wildman–Crippen MR) is 103 cm³/mol. The van der Waals surface area contributed by atoms with Gasteiger partial charge >= 0.3 is 17.9 Å². The number of hydrogen-bond donors (Lipinski definition) is 1. The van der Waals surface area contributed by atoms with Gasteiger partial charge in [-0.25, -0.2) is 14.0 Å². The quantitative estimate of drug-likeness (QED) is 0.519. The summed E-state index contributed by atoms with van der Waals surface area (Å²) < 4.78 is 27.0. The van der Waals surface area contributed by atoms with Crippen LogP contribution in [0.25, 0.3) is 0 Å². The molecule has 0 fully saturated rings. The molecule has 0 radical (unpaired) electrons. The zero-order chi connectivity index (χ0) is 22.1. The van der Waals surface area contributed by atoms with E-state index in [1.807, 2.05) is 0 Å². The third kappa shape index (κ3) is 6.69. The van der Waals surface area contributed by atoms with Gasteiger partial charge in [-0.1, -0.05) is 12.1 Å². The second-order valence-corrected chi connectivity index (χ2v) is 6.12. The van der Waals surface area contributed by atoms with Crippen molar-refractivity contribution in [3.63, 3.8) is 0 Å². The lowest BCUT2D eigenvalue weighted by Crippen LogP contribution is -2.21. The largest absolute Gasteiger partial charge is 0.465 e. The summed E-state index contributed by atoms with van der Waals surface area (Å²) in [6, 6.07) is 9.59. The number of rotatable bonds is 8. The van der Waals surface area contributed by atoms with E-state index in [-0.39, 0.29) is 29.1 Å². The van der Waals surface area contributed by atoms with E-state index < -0.39 is 30.4 Å². The van der Waals surface area contributed by atoms with Crippen LogP contribution in [0.1, 0.15) is 32.7 Å². The molecule has 0 bridgehead atoms. The number of ether oxygens (including phenoxy) is 3. The Morgan fingerprint density at radius 1 is 0.900 bits per heavy atom. The molecule has 158 valence electrons. The molecule has 0 aromatic heterocycles. The zero-order valence-electron chi connectivity index (χ0n) is 16.4. The van der Waals surface area contributed by atoms with Gasteiger partial charge in [0, 0.05) is 12.1 Å². The van der Waals surface area contributed by atoms with Crippen molar-refractivity contribution in [3.05, 3.63) is 65.0 Å². The summed E-state index contributed by atoms with van der Waals surface area (Å²) in [5, 5.41) is 2.44. The van der Waals surface area contributed by atoms with Crippen molar-refractivity contribution in [2.75, 3.05) is 26.1 Å². The Kier molecular flexibility index (Phi) is 8.04. The topological polar surface area (TPSA) is 108 Å². The van der Waals surface area contributed by atoms with Gasteiger partial charge in [-0.2, -0.15) is 0 Å². The number of carbonyl (C=O) groups excluding carboxylic acids is 4. The highest BCUT2D eigenvalue weighted by molar-refractivity contribution is 5.99. The molecule has 0 spiro atoms. The summed E-state index contributed by atoms with van der Waals surface area (Å²) in [5.41, 5.74) is 0.956. The van der Waals surface area contributed by atoms with Crippen LogP contribution in [0.5, 0.6) is 0 Å². The highest BCUT2D eigenvalue weighted by Gasteiger charge is 2.15. The number of aryl methyl sites for hydroxylation is 1. The van der Waals surface area contributed by atoms with Crippen molar-refractivity contribution in [3.8, 4) is 0 Å². The second kappa shape index (κ2) is 10.7. The normalized spacial score (nSPS) is 10.1. The number of benzene rings is 2. The molecule has 0 unspecified atom stereocenters. The third-order valence-electron chi connectivity index (χ3n) is 3.95. The van der Waals surface area contributed by atoms with Crippen molar-refractivity contribution in [1.29, 1.82) is 0 Å². The Morgan fingerprint density at radius 3 is 2.00 bits per heavy atom. The van der Waals surface area contributed by atoms with Gasteiger partial charge in [0.25, 0.3) is 5.91 Å². The molecule has 2 rings (SSSR count). The fraction of sp³-hybridized carbons (Fsp3) is 0.238. The average molecular weight is 417 g/mol. The van der Waals surface area contributed by atoms with Crippen LogP contribution in [-0.2, 0) is 30.2 Å². The Hall–Kier alpha value is -3.75. The van der Waals surface area contributed by atoms with E-state index in [1.54, 1.807) is 12.1 Å². The van der Waals surface area contributed by atoms with E-state index in [9.17, 15) is 23.6 Å². The highest BCUT2D eigenvalue weighted by atomic mass is 19.1. The molecule has 30 heavy (non-hydrogen) atoms. The van der Waals surface area contributed by atoms with Gasteiger partial charge < -0.3 is 19.5 Å². The number of halogens is 1. The Balaban J connectivity index is 1.93. The first-order chi connectivity index (χ1) is 14.3. The Bertz CT molecular complexity index is 907. The van der Waals surface area contributed by atoms with E-state index >= 15 is 0 Å². The van der Waals surface area contributed by atoms with Crippen LogP contribution in [0.3, 0.4) is 0 Å². The lowest BCUT2D eigenvalue weighted by atomic mass is 10.1. The number of hydrogen-bond acceptors (Lipinski definition) is 7. The summed E-state index contributed by atoms with van der Waals surface area (Å²) >= 11 is 0. The van der Waals surface area contributed by atoms with Crippen LogP contribution >= 0.6 is 0 Å². The summed E-state index contributed by atoms with van der Waals surface area (Å²) in [6.07, 6.45) is 0.355. The zero-order valence-corrected chi connectivity index (χ0v) is 16.4. The van der Waals surface area contributed by atoms with E-state index in [0.29, 0.717) is 6.42 Å². The van der Waals surface area contributed by atoms with Gasteiger partial charge in [-0.3, -0.25) is 9.59 Å². The number of esters is 3. The summed E-state index contributed by atoms with van der Waals surface area (Å²) in [5.74, 6) is -3.05. The van der Waals surface area contributed by atoms with Crippen LogP contribution in [-0.4, -0.2) is 44.6 Å². The fourth-order valence-electron chi connectivity index (χ4n) is 2.48. The molecule has 0 saturated heterocycles. The standard InChI is InChI=1S/C21H20FNO7/c1-28-20(26)14-9-15(21(27)29-2)11-17(10-14)23-18(24)12-30-19(25)8-5-13-3-6-16(22)7-4-13/h3-4,6-7,9-11H,5,8,12H2,1-2H3,(H,23,24). The smallest absolute Gasteiger partial charge is 0.337 e. The maximum atomic E-state index is 12.9. The van der Waals surface area contributed by atoms with Gasteiger partial charge in [0.15, 0.2) is 6.61 Å². The molecular formula is C21H20FNO7. The molecule has 0 aliphatic heterocycles.